The summed E-state index contributed by atoms with van der Waals surface area (Å²) in [6.07, 6.45) is 0. The van der Waals surface area contributed by atoms with Crippen molar-refractivity contribution in [2.45, 2.75) is 0 Å². The molecule has 24 rings (SSSR count). The highest BCUT2D eigenvalue weighted by Gasteiger charge is 2.23. The van der Waals surface area contributed by atoms with E-state index < -0.39 is 0 Å². The van der Waals surface area contributed by atoms with E-state index in [1.165, 1.54) is 54.5 Å². The van der Waals surface area contributed by atoms with Crippen LogP contribution >= 0.6 is 0 Å². The SMILES string of the molecule is c1ccc(-c2nc(-c3ccc(-n4c5ccccc5c5ccccc54)cc3)nc(-c3cccc(-c4cccc(-c5cccc6c(-c7ccccc7)nc7ccccc7c56)c4)c3)n2)cc1.c1ccc(-c2nc(-c3cccc(-c4cccc(-c5cccc6c(-c7ccccc7)nc7ccccc7c56)c4)c3)nc(-c3cccc(-n4c5ccccc5c5ccccc54)c3)n2)cc1. The number of rotatable bonds is 14. The molecule has 6 heterocycles. The second kappa shape index (κ2) is 31.8. The molecule has 0 N–H and O–H groups in total. The molecule has 0 atom stereocenters. The summed E-state index contributed by atoms with van der Waals surface area (Å²) in [5.41, 5.74) is 27.4. The van der Waals surface area contributed by atoms with Crippen LogP contribution in [0.15, 0.2) is 449 Å². The summed E-state index contributed by atoms with van der Waals surface area (Å²) in [5.74, 6) is 3.71. The minimum atomic E-state index is 0.612. The van der Waals surface area contributed by atoms with Crippen molar-refractivity contribution in [1.29, 1.82) is 0 Å². The Bertz CT molecular complexity index is 8230. The first-order chi connectivity index (χ1) is 62.5. The summed E-state index contributed by atoms with van der Waals surface area (Å²) in [5, 5.41) is 11.8. The van der Waals surface area contributed by atoms with Crippen molar-refractivity contribution in [2.75, 3.05) is 0 Å². The first kappa shape index (κ1) is 74.0. The minimum absolute atomic E-state index is 0.612. The number of benzene rings is 18. The third-order valence-corrected chi connectivity index (χ3v) is 24.0. The average molecular weight is 1610 g/mol. The standard InChI is InChI=1S/2C58H37N5/c1-3-17-38(18-4-1)55-50-31-16-30-46(54(50)49-29-7-10-32-51(49)59-55)42-23-13-21-40(35-42)41-22-14-24-43(36-41)57-60-56(39-19-5-2-6-20-39)61-58(62-57)44-25-15-26-45(37-44)63-52-33-11-8-27-47(52)48-28-9-12-34-53(48)63;1-3-16-38(17-4-1)55-50-28-15-27-46(54(50)49-26-7-10-29-51(49)59-55)43-22-13-20-41(36-43)42-21-14-23-44(37-42)58-61-56(39-18-5-2-6-19-39)60-57(62-58)40-32-34-45(35-33-40)63-52-30-11-8-24-47(52)48-25-9-12-31-53(48)63/h2*1-37H. The Balaban J connectivity index is 0.000000145. The lowest BCUT2D eigenvalue weighted by Crippen LogP contribution is -2.01. The van der Waals surface area contributed by atoms with E-state index in [-0.39, 0.29) is 0 Å². The van der Waals surface area contributed by atoms with Gasteiger partial charge in [-0.25, -0.2) is 39.9 Å². The zero-order valence-electron chi connectivity index (χ0n) is 68.2. The summed E-state index contributed by atoms with van der Waals surface area (Å²) in [6.45, 7) is 0. The number of hydrogen-bond acceptors (Lipinski definition) is 8. The minimum Gasteiger partial charge on any atom is -0.309 e. The first-order valence-corrected chi connectivity index (χ1v) is 42.4. The number of aromatic nitrogens is 10. The van der Waals surface area contributed by atoms with Gasteiger partial charge in [-0.1, -0.05) is 352 Å². The van der Waals surface area contributed by atoms with Crippen molar-refractivity contribution >= 4 is 87.0 Å². The summed E-state index contributed by atoms with van der Waals surface area (Å²) >= 11 is 0. The second-order valence-corrected chi connectivity index (χ2v) is 31.6. The van der Waals surface area contributed by atoms with Gasteiger partial charge in [0.15, 0.2) is 34.9 Å². The Morgan fingerprint density at radius 3 is 0.778 bits per heavy atom. The molecule has 6 aromatic heterocycles. The van der Waals surface area contributed by atoms with Gasteiger partial charge in [0, 0.05) is 110 Å². The lowest BCUT2D eigenvalue weighted by Gasteiger charge is -2.15. The molecule has 0 unspecified atom stereocenters. The Morgan fingerprint density at radius 1 is 0.143 bits per heavy atom. The molecule has 0 radical (unpaired) electrons. The van der Waals surface area contributed by atoms with E-state index in [9.17, 15) is 0 Å². The second-order valence-electron chi connectivity index (χ2n) is 31.6. The molecule has 0 amide bonds. The van der Waals surface area contributed by atoms with Crippen LogP contribution in [0.5, 0.6) is 0 Å². The van der Waals surface area contributed by atoms with Crippen LogP contribution in [0, 0.1) is 0 Å². The Labute approximate surface area is 726 Å². The van der Waals surface area contributed by atoms with Crippen molar-refractivity contribution in [3.8, 4) is 147 Å². The van der Waals surface area contributed by atoms with Crippen LogP contribution in [0.1, 0.15) is 0 Å². The molecule has 10 heteroatoms. The zero-order chi connectivity index (χ0) is 83.4. The van der Waals surface area contributed by atoms with Gasteiger partial charge < -0.3 is 9.13 Å². The van der Waals surface area contributed by atoms with Crippen molar-refractivity contribution in [2.24, 2.45) is 0 Å². The van der Waals surface area contributed by atoms with E-state index in [0.29, 0.717) is 34.9 Å². The van der Waals surface area contributed by atoms with Crippen molar-refractivity contribution in [3.05, 3.63) is 449 Å². The van der Waals surface area contributed by atoms with E-state index in [1.54, 1.807) is 0 Å². The number of nitrogens with zero attached hydrogens (tertiary/aromatic N) is 10. The number of para-hydroxylation sites is 6. The predicted octanol–water partition coefficient (Wildman–Crippen LogP) is 29.3. The highest BCUT2D eigenvalue weighted by atomic mass is 15.1. The smallest absolute Gasteiger partial charge is 0.164 e. The van der Waals surface area contributed by atoms with Crippen LogP contribution in [0.2, 0.25) is 0 Å². The highest BCUT2D eigenvalue weighted by molar-refractivity contribution is 6.19. The summed E-state index contributed by atoms with van der Waals surface area (Å²) in [6, 6.07) is 157. The molecule has 24 aromatic rings. The molecule has 588 valence electrons. The van der Waals surface area contributed by atoms with E-state index in [1.807, 2.05) is 60.7 Å². The monoisotopic (exact) mass is 1610 g/mol. The highest BCUT2D eigenvalue weighted by Crippen LogP contribution is 2.44. The molecule has 0 aliphatic heterocycles. The Morgan fingerprint density at radius 2 is 0.397 bits per heavy atom. The molecule has 0 saturated carbocycles. The number of fused-ring (bicyclic) bond motifs is 12. The largest absolute Gasteiger partial charge is 0.309 e. The van der Waals surface area contributed by atoms with Crippen molar-refractivity contribution in [1.82, 2.24) is 49.0 Å². The molecule has 0 saturated heterocycles. The molecular weight excluding hydrogens is 1530 g/mol. The molecule has 0 aliphatic carbocycles. The van der Waals surface area contributed by atoms with Crippen LogP contribution < -0.4 is 0 Å². The molecule has 0 bridgehead atoms. The Kier molecular flexibility index (Phi) is 18.7. The fraction of sp³-hybridized carbons (Fsp3) is 0. The van der Waals surface area contributed by atoms with Gasteiger partial charge in [-0.05, 0) is 142 Å². The van der Waals surface area contributed by atoms with Gasteiger partial charge in [-0.3, -0.25) is 0 Å². The molecule has 0 aliphatic rings. The quantitative estimate of drug-likeness (QED) is 0.0990. The summed E-state index contributed by atoms with van der Waals surface area (Å²) in [4.78, 5) is 41.1. The number of hydrogen-bond donors (Lipinski definition) is 0. The van der Waals surface area contributed by atoms with Crippen LogP contribution in [-0.4, -0.2) is 49.0 Å². The van der Waals surface area contributed by atoms with E-state index in [0.717, 1.165) is 144 Å². The van der Waals surface area contributed by atoms with Crippen LogP contribution in [-0.2, 0) is 0 Å². The lowest BCUT2D eigenvalue weighted by atomic mass is 9.91. The number of pyridine rings is 2. The van der Waals surface area contributed by atoms with E-state index in [2.05, 4.69) is 397 Å². The van der Waals surface area contributed by atoms with E-state index >= 15 is 0 Å². The van der Waals surface area contributed by atoms with Gasteiger partial charge >= 0.3 is 0 Å². The van der Waals surface area contributed by atoms with Crippen molar-refractivity contribution < 1.29 is 0 Å². The molecule has 0 spiro atoms. The van der Waals surface area contributed by atoms with Crippen LogP contribution in [0.25, 0.3) is 234 Å². The topological polar surface area (TPSA) is 113 Å². The zero-order valence-corrected chi connectivity index (χ0v) is 68.2. The molecular formula is C116H74N10. The maximum absolute atomic E-state index is 5.21. The van der Waals surface area contributed by atoms with Crippen molar-refractivity contribution in [3.63, 3.8) is 0 Å². The average Bonchev–Trinajstić information content (AvgIpc) is 1.36. The Hall–Kier alpha value is -17.1. The van der Waals surface area contributed by atoms with E-state index in [4.69, 9.17) is 39.9 Å². The summed E-state index contributed by atoms with van der Waals surface area (Å²) in [7, 11) is 0. The predicted molar refractivity (Wildman–Crippen MR) is 519 cm³/mol. The normalized spacial score (nSPS) is 11.5. The molecule has 0 fully saturated rings. The van der Waals surface area contributed by atoms with Gasteiger partial charge in [-0.15, -0.1) is 0 Å². The third kappa shape index (κ3) is 13.6. The third-order valence-electron chi connectivity index (χ3n) is 24.0. The summed E-state index contributed by atoms with van der Waals surface area (Å²) < 4.78 is 4.65. The fourth-order valence-corrected chi connectivity index (χ4v) is 18.2. The fourth-order valence-electron chi connectivity index (χ4n) is 18.2. The maximum Gasteiger partial charge on any atom is 0.164 e. The van der Waals surface area contributed by atoms with Gasteiger partial charge in [0.2, 0.25) is 0 Å². The molecule has 126 heavy (non-hydrogen) atoms. The lowest BCUT2D eigenvalue weighted by molar-refractivity contribution is 1.07. The van der Waals surface area contributed by atoms with Gasteiger partial charge in [0.05, 0.1) is 44.5 Å². The van der Waals surface area contributed by atoms with Crippen LogP contribution in [0.3, 0.4) is 0 Å². The molecule has 10 nitrogen and oxygen atoms in total. The van der Waals surface area contributed by atoms with Gasteiger partial charge in [0.1, 0.15) is 0 Å². The maximum atomic E-state index is 5.21. The first-order valence-electron chi connectivity index (χ1n) is 42.4. The van der Waals surface area contributed by atoms with Crippen LogP contribution in [0.4, 0.5) is 0 Å². The van der Waals surface area contributed by atoms with Gasteiger partial charge in [0.25, 0.3) is 0 Å². The molecule has 18 aromatic carbocycles. The van der Waals surface area contributed by atoms with Gasteiger partial charge in [-0.2, -0.15) is 0 Å².